The molecule has 2 N–H and O–H groups in total. The average Bonchev–Trinajstić information content (AvgIpc) is 2.40. The van der Waals surface area contributed by atoms with Crippen LogP contribution in [0.4, 0.5) is 8.78 Å². The van der Waals surface area contributed by atoms with Crippen molar-refractivity contribution in [1.82, 2.24) is 10.3 Å². The van der Waals surface area contributed by atoms with Crippen LogP contribution in [0.1, 0.15) is 15.9 Å². The molecule has 0 saturated carbocycles. The summed E-state index contributed by atoms with van der Waals surface area (Å²) in [6, 6.07) is 4.42. The fourth-order valence-corrected chi connectivity index (χ4v) is 1.83. The molecule has 1 aromatic heterocycles. The molecule has 0 unspecified atom stereocenters. The van der Waals surface area contributed by atoms with Crippen LogP contribution in [-0.4, -0.2) is 10.9 Å². The number of carbonyl (C=O) groups is 1. The van der Waals surface area contributed by atoms with Crippen molar-refractivity contribution in [2.24, 2.45) is 0 Å². The Morgan fingerprint density at radius 3 is 2.65 bits per heavy atom. The van der Waals surface area contributed by atoms with Gasteiger partial charge in [-0.15, -0.1) is 0 Å². The van der Waals surface area contributed by atoms with E-state index in [-0.39, 0.29) is 17.3 Å². The van der Waals surface area contributed by atoms with Crippen LogP contribution in [-0.2, 0) is 6.54 Å². The molecular formula is C13H9ClF2N2O2. The summed E-state index contributed by atoms with van der Waals surface area (Å²) in [4.78, 5) is 25.9. The van der Waals surface area contributed by atoms with Gasteiger partial charge in [-0.05, 0) is 17.7 Å². The number of hydrogen-bond donors (Lipinski definition) is 2. The maximum absolute atomic E-state index is 13.0. The van der Waals surface area contributed by atoms with E-state index in [4.69, 9.17) is 11.6 Å². The van der Waals surface area contributed by atoms with Gasteiger partial charge < -0.3 is 10.3 Å². The van der Waals surface area contributed by atoms with Gasteiger partial charge in [-0.3, -0.25) is 9.59 Å². The quantitative estimate of drug-likeness (QED) is 0.854. The van der Waals surface area contributed by atoms with Crippen molar-refractivity contribution in [1.29, 1.82) is 0 Å². The number of rotatable bonds is 3. The predicted octanol–water partition coefficient (Wildman–Crippen LogP) is 2.24. The van der Waals surface area contributed by atoms with E-state index in [2.05, 4.69) is 10.3 Å². The molecule has 0 bridgehead atoms. The second-order valence-electron chi connectivity index (χ2n) is 3.96. The first kappa shape index (κ1) is 14.2. The molecule has 2 aromatic rings. The van der Waals surface area contributed by atoms with Crippen molar-refractivity contribution in [3.63, 3.8) is 0 Å². The zero-order chi connectivity index (χ0) is 14.7. The Balaban J connectivity index is 2.13. The summed E-state index contributed by atoms with van der Waals surface area (Å²) in [6.07, 6.45) is 1.32. The van der Waals surface area contributed by atoms with E-state index in [1.54, 1.807) is 0 Å². The van der Waals surface area contributed by atoms with Gasteiger partial charge in [-0.1, -0.05) is 17.7 Å². The van der Waals surface area contributed by atoms with Crippen LogP contribution in [0.5, 0.6) is 0 Å². The summed E-state index contributed by atoms with van der Waals surface area (Å²) < 4.78 is 25.7. The number of aromatic amines is 1. The van der Waals surface area contributed by atoms with Crippen molar-refractivity contribution >= 4 is 17.5 Å². The van der Waals surface area contributed by atoms with Crippen LogP contribution >= 0.6 is 11.6 Å². The van der Waals surface area contributed by atoms with Crippen LogP contribution in [0, 0.1) is 11.6 Å². The van der Waals surface area contributed by atoms with Gasteiger partial charge in [-0.25, -0.2) is 8.78 Å². The van der Waals surface area contributed by atoms with Gasteiger partial charge in [0, 0.05) is 18.8 Å². The molecule has 0 aliphatic heterocycles. The molecule has 0 radical (unpaired) electrons. The highest BCUT2D eigenvalue weighted by Crippen LogP contribution is 2.10. The van der Waals surface area contributed by atoms with E-state index in [9.17, 15) is 18.4 Å². The van der Waals surface area contributed by atoms with Gasteiger partial charge in [0.25, 0.3) is 5.91 Å². The molecule has 0 fully saturated rings. The van der Waals surface area contributed by atoms with Crippen molar-refractivity contribution in [3.8, 4) is 0 Å². The Bertz CT molecular complexity index is 716. The number of hydrogen-bond acceptors (Lipinski definition) is 2. The summed E-state index contributed by atoms with van der Waals surface area (Å²) in [6.45, 7) is -0.0549. The van der Waals surface area contributed by atoms with E-state index in [1.165, 1.54) is 18.3 Å². The smallest absolute Gasteiger partial charge is 0.258 e. The number of carbonyl (C=O) groups excluding carboxylic acids is 1. The largest absolute Gasteiger partial charge is 0.352 e. The molecule has 0 saturated heterocycles. The molecule has 0 aliphatic rings. The van der Waals surface area contributed by atoms with E-state index < -0.39 is 23.0 Å². The third-order valence-electron chi connectivity index (χ3n) is 2.57. The van der Waals surface area contributed by atoms with Crippen LogP contribution < -0.4 is 10.7 Å². The minimum absolute atomic E-state index is 0.0549. The first-order chi connectivity index (χ1) is 9.49. The summed E-state index contributed by atoms with van der Waals surface area (Å²) in [5, 5.41) is 2.33. The fraction of sp³-hybridized carbons (Fsp3) is 0.0769. The standard InChI is InChI=1S/C13H9ClF2N2O2/c14-12-11(10(19)3-4-17-12)13(20)18-6-7-1-2-8(15)9(16)5-7/h1-5H,6H2,(H,17,19)(H,18,20). The third kappa shape index (κ3) is 3.03. The zero-order valence-corrected chi connectivity index (χ0v) is 10.8. The van der Waals surface area contributed by atoms with Crippen LogP contribution in [0.3, 0.4) is 0 Å². The van der Waals surface area contributed by atoms with Crippen LogP contribution in [0.2, 0.25) is 5.15 Å². The second-order valence-corrected chi connectivity index (χ2v) is 4.34. The van der Waals surface area contributed by atoms with Crippen molar-refractivity contribution < 1.29 is 13.6 Å². The van der Waals surface area contributed by atoms with Crippen molar-refractivity contribution in [2.75, 3.05) is 0 Å². The maximum atomic E-state index is 13.0. The molecule has 7 heteroatoms. The molecule has 104 valence electrons. The number of halogens is 3. The highest BCUT2D eigenvalue weighted by Gasteiger charge is 2.14. The molecule has 20 heavy (non-hydrogen) atoms. The Kier molecular flexibility index (Phi) is 4.14. The van der Waals surface area contributed by atoms with E-state index in [0.29, 0.717) is 5.56 Å². The molecule has 4 nitrogen and oxygen atoms in total. The lowest BCUT2D eigenvalue weighted by Gasteiger charge is -2.06. The van der Waals surface area contributed by atoms with Gasteiger partial charge >= 0.3 is 0 Å². The molecule has 0 atom stereocenters. The minimum Gasteiger partial charge on any atom is -0.352 e. The highest BCUT2D eigenvalue weighted by molar-refractivity contribution is 6.32. The molecule has 0 aliphatic carbocycles. The second kappa shape index (κ2) is 5.83. The Morgan fingerprint density at radius 2 is 2.00 bits per heavy atom. The zero-order valence-electron chi connectivity index (χ0n) is 10.0. The van der Waals surface area contributed by atoms with E-state index in [0.717, 1.165) is 12.1 Å². The predicted molar refractivity (Wildman–Crippen MR) is 69.6 cm³/mol. The molecule has 1 heterocycles. The number of amides is 1. The lowest BCUT2D eigenvalue weighted by Crippen LogP contribution is -2.28. The summed E-state index contributed by atoms with van der Waals surface area (Å²) in [5.74, 6) is -2.67. The number of nitrogens with one attached hydrogen (secondary N) is 2. The molecule has 0 spiro atoms. The number of benzene rings is 1. The fourth-order valence-electron chi connectivity index (χ4n) is 1.59. The molecule has 2 rings (SSSR count). The Hall–Kier alpha value is -2.21. The number of aromatic nitrogens is 1. The molecule has 1 aromatic carbocycles. The van der Waals surface area contributed by atoms with Gasteiger partial charge in [-0.2, -0.15) is 0 Å². The molecular weight excluding hydrogens is 290 g/mol. The van der Waals surface area contributed by atoms with Crippen molar-refractivity contribution in [3.05, 3.63) is 68.6 Å². The topological polar surface area (TPSA) is 62.0 Å². The van der Waals surface area contributed by atoms with Gasteiger partial charge in [0.05, 0.1) is 0 Å². The number of H-pyrrole nitrogens is 1. The summed E-state index contributed by atoms with van der Waals surface area (Å²) in [7, 11) is 0. The Labute approximate surface area is 117 Å². The van der Waals surface area contributed by atoms with Gasteiger partial charge in [0.1, 0.15) is 10.7 Å². The normalized spacial score (nSPS) is 10.3. The SMILES string of the molecule is O=C(NCc1ccc(F)c(F)c1)c1c(Cl)[nH]ccc1=O. The average molecular weight is 299 g/mol. The Morgan fingerprint density at radius 1 is 1.25 bits per heavy atom. The number of pyridine rings is 1. The van der Waals surface area contributed by atoms with Gasteiger partial charge in [0.15, 0.2) is 17.1 Å². The minimum atomic E-state index is -1.01. The van der Waals surface area contributed by atoms with E-state index in [1.807, 2.05) is 0 Å². The van der Waals surface area contributed by atoms with Gasteiger partial charge in [0.2, 0.25) is 0 Å². The summed E-state index contributed by atoms with van der Waals surface area (Å²) >= 11 is 5.73. The van der Waals surface area contributed by atoms with Crippen LogP contribution in [0.25, 0.3) is 0 Å². The van der Waals surface area contributed by atoms with Crippen LogP contribution in [0.15, 0.2) is 35.3 Å². The monoisotopic (exact) mass is 298 g/mol. The lowest BCUT2D eigenvalue weighted by molar-refractivity contribution is 0.0949. The van der Waals surface area contributed by atoms with E-state index >= 15 is 0 Å². The van der Waals surface area contributed by atoms with Crippen molar-refractivity contribution in [2.45, 2.75) is 6.54 Å². The molecule has 1 amide bonds. The highest BCUT2D eigenvalue weighted by atomic mass is 35.5. The third-order valence-corrected chi connectivity index (χ3v) is 2.87. The first-order valence-electron chi connectivity index (χ1n) is 5.58. The maximum Gasteiger partial charge on any atom is 0.258 e. The lowest BCUT2D eigenvalue weighted by atomic mass is 10.2. The summed E-state index contributed by atoms with van der Waals surface area (Å²) in [5.41, 5.74) is -0.394. The first-order valence-corrected chi connectivity index (χ1v) is 5.96.